The van der Waals surface area contributed by atoms with Gasteiger partial charge in [0.15, 0.2) is 0 Å². The Morgan fingerprint density at radius 3 is 2.47 bits per heavy atom. The van der Waals surface area contributed by atoms with E-state index in [1.807, 2.05) is 0 Å². The minimum absolute atomic E-state index is 0.0634. The zero-order valence-electron chi connectivity index (χ0n) is 19.0. The van der Waals surface area contributed by atoms with Crippen molar-refractivity contribution in [2.45, 2.75) is 90.6 Å². The highest BCUT2D eigenvalue weighted by Crippen LogP contribution is 2.67. The van der Waals surface area contributed by atoms with Crippen molar-refractivity contribution in [2.75, 3.05) is 0 Å². The van der Waals surface area contributed by atoms with E-state index in [4.69, 9.17) is 0 Å². The fourth-order valence-corrected chi connectivity index (χ4v) is 8.85. The van der Waals surface area contributed by atoms with Crippen LogP contribution in [0.2, 0.25) is 0 Å². The van der Waals surface area contributed by atoms with E-state index in [0.717, 1.165) is 49.4 Å². The molecule has 0 bridgehead atoms. The molecule has 8 atom stereocenters. The lowest BCUT2D eigenvalue weighted by molar-refractivity contribution is -0.139. The Labute approximate surface area is 182 Å². The fourth-order valence-electron chi connectivity index (χ4n) is 8.85. The molecule has 4 saturated carbocycles. The van der Waals surface area contributed by atoms with Crippen molar-refractivity contribution in [1.29, 1.82) is 0 Å². The summed E-state index contributed by atoms with van der Waals surface area (Å²) in [6.45, 7) is 5.03. The Morgan fingerprint density at radius 1 is 0.933 bits per heavy atom. The smallest absolute Gasteiger partial charge is 0.136 e. The molecule has 2 heteroatoms. The van der Waals surface area contributed by atoms with Crippen molar-refractivity contribution in [3.8, 4) is 0 Å². The van der Waals surface area contributed by atoms with Gasteiger partial charge in [0.2, 0.25) is 0 Å². The van der Waals surface area contributed by atoms with Gasteiger partial charge in [-0.05, 0) is 104 Å². The highest BCUT2D eigenvalue weighted by Gasteiger charge is 2.60. The first-order chi connectivity index (χ1) is 14.4. The van der Waals surface area contributed by atoms with Crippen molar-refractivity contribution in [3.63, 3.8) is 0 Å². The Bertz CT molecular complexity index is 772. The molecule has 0 aliphatic heterocycles. The van der Waals surface area contributed by atoms with E-state index in [1.165, 1.54) is 44.1 Å². The quantitative estimate of drug-likeness (QED) is 0.643. The lowest BCUT2D eigenvalue weighted by Gasteiger charge is -2.60. The van der Waals surface area contributed by atoms with Crippen LogP contribution in [0.5, 0.6) is 0 Å². The molecule has 1 N–H and O–H groups in total. The Balaban J connectivity index is 1.30. The summed E-state index contributed by atoms with van der Waals surface area (Å²) in [4.78, 5) is 13.3. The summed E-state index contributed by atoms with van der Waals surface area (Å²) in [7, 11) is 0. The average molecular weight is 409 g/mol. The molecule has 4 aliphatic rings. The average Bonchev–Trinajstić information content (AvgIpc) is 3.10. The van der Waals surface area contributed by atoms with Crippen LogP contribution in [0.25, 0.3) is 0 Å². The number of carbonyl (C=O) groups is 1. The van der Waals surface area contributed by atoms with E-state index >= 15 is 0 Å². The van der Waals surface area contributed by atoms with Crippen molar-refractivity contribution >= 4 is 5.78 Å². The third-order valence-corrected chi connectivity index (χ3v) is 10.5. The summed E-state index contributed by atoms with van der Waals surface area (Å²) >= 11 is 0. The predicted molar refractivity (Wildman–Crippen MR) is 121 cm³/mol. The third-order valence-electron chi connectivity index (χ3n) is 10.5. The molecular formula is C28H40O2. The van der Waals surface area contributed by atoms with Crippen LogP contribution in [-0.2, 0) is 11.2 Å². The molecule has 0 unspecified atom stereocenters. The van der Waals surface area contributed by atoms with E-state index in [0.29, 0.717) is 17.6 Å². The van der Waals surface area contributed by atoms with Gasteiger partial charge in [-0.3, -0.25) is 4.79 Å². The van der Waals surface area contributed by atoms with Gasteiger partial charge in [0.1, 0.15) is 5.78 Å². The molecule has 30 heavy (non-hydrogen) atoms. The van der Waals surface area contributed by atoms with Crippen molar-refractivity contribution < 1.29 is 9.90 Å². The second-order valence-electron chi connectivity index (χ2n) is 11.7. The number of carbonyl (C=O) groups excluding carboxylic acids is 1. The molecule has 0 spiro atoms. The van der Waals surface area contributed by atoms with E-state index in [9.17, 15) is 9.90 Å². The van der Waals surface area contributed by atoms with Crippen LogP contribution < -0.4 is 0 Å². The highest BCUT2D eigenvalue weighted by atomic mass is 16.3. The van der Waals surface area contributed by atoms with E-state index in [-0.39, 0.29) is 17.4 Å². The van der Waals surface area contributed by atoms with Crippen LogP contribution in [-0.4, -0.2) is 17.0 Å². The number of aliphatic hydroxyl groups excluding tert-OH is 1. The van der Waals surface area contributed by atoms with Crippen LogP contribution in [0.1, 0.15) is 83.6 Å². The molecule has 5 rings (SSSR count). The number of hydrogen-bond donors (Lipinski definition) is 1. The summed E-state index contributed by atoms with van der Waals surface area (Å²) in [6.07, 6.45) is 12.4. The summed E-state index contributed by atoms with van der Waals surface area (Å²) in [5.41, 5.74) is 1.95. The van der Waals surface area contributed by atoms with Crippen LogP contribution in [0, 0.1) is 40.4 Å². The molecule has 4 aliphatic carbocycles. The first kappa shape index (κ1) is 20.7. The Kier molecular flexibility index (Phi) is 5.37. The number of aryl methyl sites for hydroxylation is 1. The number of Topliss-reactive ketones (excluding diaryl/α,β-unsaturated/α-hetero) is 1. The predicted octanol–water partition coefficient (Wildman–Crippen LogP) is 6.21. The molecule has 4 fully saturated rings. The molecule has 0 aromatic heterocycles. The fraction of sp³-hybridized carbons (Fsp3) is 0.750. The Hall–Kier alpha value is -1.15. The summed E-state index contributed by atoms with van der Waals surface area (Å²) in [5.74, 6) is 3.91. The maximum absolute atomic E-state index is 13.3. The van der Waals surface area contributed by atoms with Gasteiger partial charge in [0, 0.05) is 12.3 Å². The third kappa shape index (κ3) is 3.29. The SMILES string of the molecule is C[C@]12CC[C@H](O)C[C@@H]1CC[C@@H]1[C@@H]2CC[C@]2(C)[C@@H](C(=O)CCc3ccccc3)CC[C@@H]12. The molecule has 164 valence electrons. The standard InChI is InChI=1S/C28H40O2/c1-27-16-14-21(29)18-20(27)9-10-22-23-11-12-25(28(23,2)17-15-24(22)27)26(30)13-8-19-6-4-3-5-7-19/h3-7,20-25,29H,8-18H2,1-2H3/t20-,21-,22-,23-,24-,25+,27-,28-/m0/s1. The van der Waals surface area contributed by atoms with Crippen LogP contribution >= 0.6 is 0 Å². The Morgan fingerprint density at radius 2 is 1.67 bits per heavy atom. The second kappa shape index (κ2) is 7.76. The van der Waals surface area contributed by atoms with Gasteiger partial charge >= 0.3 is 0 Å². The van der Waals surface area contributed by atoms with Crippen LogP contribution in [0.15, 0.2) is 30.3 Å². The molecule has 2 nitrogen and oxygen atoms in total. The van der Waals surface area contributed by atoms with Gasteiger partial charge in [-0.25, -0.2) is 0 Å². The molecule has 1 aromatic rings. The van der Waals surface area contributed by atoms with Crippen molar-refractivity contribution in [2.24, 2.45) is 40.4 Å². The minimum atomic E-state index is -0.0634. The lowest BCUT2D eigenvalue weighted by Crippen LogP contribution is -2.54. The molecular weight excluding hydrogens is 368 g/mol. The number of ketones is 1. The molecule has 0 heterocycles. The number of aliphatic hydroxyl groups is 1. The number of fused-ring (bicyclic) bond motifs is 5. The first-order valence-electron chi connectivity index (χ1n) is 12.7. The van der Waals surface area contributed by atoms with Gasteiger partial charge in [0.25, 0.3) is 0 Å². The number of benzene rings is 1. The zero-order valence-corrected chi connectivity index (χ0v) is 19.0. The van der Waals surface area contributed by atoms with E-state index in [1.54, 1.807) is 0 Å². The maximum atomic E-state index is 13.3. The number of hydrogen-bond acceptors (Lipinski definition) is 2. The first-order valence-corrected chi connectivity index (χ1v) is 12.7. The minimum Gasteiger partial charge on any atom is -0.393 e. The number of rotatable bonds is 4. The zero-order chi connectivity index (χ0) is 20.9. The molecule has 0 radical (unpaired) electrons. The highest BCUT2D eigenvalue weighted by molar-refractivity contribution is 5.82. The summed E-state index contributed by atoms with van der Waals surface area (Å²) in [6, 6.07) is 10.5. The van der Waals surface area contributed by atoms with E-state index in [2.05, 4.69) is 44.2 Å². The molecule has 0 amide bonds. The van der Waals surface area contributed by atoms with Crippen molar-refractivity contribution in [1.82, 2.24) is 0 Å². The summed E-state index contributed by atoms with van der Waals surface area (Å²) < 4.78 is 0. The van der Waals surface area contributed by atoms with Gasteiger partial charge in [0.05, 0.1) is 6.10 Å². The van der Waals surface area contributed by atoms with Crippen LogP contribution in [0.4, 0.5) is 0 Å². The largest absolute Gasteiger partial charge is 0.393 e. The summed E-state index contributed by atoms with van der Waals surface area (Å²) in [5, 5.41) is 10.2. The maximum Gasteiger partial charge on any atom is 0.136 e. The van der Waals surface area contributed by atoms with E-state index < -0.39 is 0 Å². The van der Waals surface area contributed by atoms with Gasteiger partial charge in [-0.15, -0.1) is 0 Å². The monoisotopic (exact) mass is 408 g/mol. The second-order valence-corrected chi connectivity index (χ2v) is 11.7. The van der Waals surface area contributed by atoms with Gasteiger partial charge in [-0.1, -0.05) is 44.2 Å². The molecule has 1 aromatic carbocycles. The van der Waals surface area contributed by atoms with Crippen molar-refractivity contribution in [3.05, 3.63) is 35.9 Å². The normalized spacial score (nSPS) is 45.3. The van der Waals surface area contributed by atoms with Crippen LogP contribution in [0.3, 0.4) is 0 Å². The topological polar surface area (TPSA) is 37.3 Å². The van der Waals surface area contributed by atoms with Gasteiger partial charge < -0.3 is 5.11 Å². The van der Waals surface area contributed by atoms with Gasteiger partial charge in [-0.2, -0.15) is 0 Å². The lowest BCUT2D eigenvalue weighted by atomic mass is 9.44. The molecule has 0 saturated heterocycles.